The van der Waals surface area contributed by atoms with Gasteiger partial charge in [0.1, 0.15) is 0 Å². The van der Waals surface area contributed by atoms with Crippen LogP contribution in [0.2, 0.25) is 0 Å². The second-order valence-corrected chi connectivity index (χ2v) is 6.16. The summed E-state index contributed by atoms with van der Waals surface area (Å²) in [6.45, 7) is 4.07. The Morgan fingerprint density at radius 3 is 2.44 bits per heavy atom. The van der Waals surface area contributed by atoms with E-state index in [2.05, 4.69) is 15.4 Å². The number of hydrogen-bond acceptors (Lipinski definition) is 6. The van der Waals surface area contributed by atoms with Gasteiger partial charge < -0.3 is 19.5 Å². The highest BCUT2D eigenvalue weighted by Gasteiger charge is 2.21. The van der Waals surface area contributed by atoms with Gasteiger partial charge in [-0.3, -0.25) is 4.79 Å². The number of carbonyl (C=O) groups is 1. The number of fused-ring (bicyclic) bond motifs is 1. The van der Waals surface area contributed by atoms with Gasteiger partial charge in [0.2, 0.25) is 5.75 Å². The van der Waals surface area contributed by atoms with Crippen molar-refractivity contribution in [2.45, 2.75) is 19.9 Å². The van der Waals surface area contributed by atoms with E-state index in [1.807, 2.05) is 24.6 Å². The lowest BCUT2D eigenvalue weighted by Crippen LogP contribution is -2.14. The predicted molar refractivity (Wildman–Crippen MR) is 102 cm³/mol. The zero-order valence-electron chi connectivity index (χ0n) is 15.9. The highest BCUT2D eigenvalue weighted by molar-refractivity contribution is 6.07. The molecule has 0 unspecified atom stereocenters. The molecular weight excluding hydrogens is 348 g/mol. The van der Waals surface area contributed by atoms with Crippen LogP contribution in [-0.2, 0) is 0 Å². The maximum atomic E-state index is 12.8. The van der Waals surface area contributed by atoms with Crippen LogP contribution in [0.15, 0.2) is 30.6 Å². The van der Waals surface area contributed by atoms with E-state index in [4.69, 9.17) is 14.2 Å². The van der Waals surface area contributed by atoms with Crippen LogP contribution in [0, 0.1) is 0 Å². The summed E-state index contributed by atoms with van der Waals surface area (Å²) in [5.41, 5.74) is 1.66. The van der Waals surface area contributed by atoms with Crippen molar-refractivity contribution in [3.05, 3.63) is 36.2 Å². The number of hydrogen-bond donors (Lipinski definition) is 1. The normalized spacial score (nSPS) is 10.9. The average Bonchev–Trinajstić information content (AvgIpc) is 3.09. The van der Waals surface area contributed by atoms with E-state index < -0.39 is 0 Å². The summed E-state index contributed by atoms with van der Waals surface area (Å²) < 4.78 is 17.8. The SMILES string of the molecule is COc1ccc(C(=O)Nc2cnc3c(cnn3C(C)C)c2)c(OC)c1OC. The lowest BCUT2D eigenvalue weighted by atomic mass is 10.1. The molecule has 27 heavy (non-hydrogen) atoms. The summed E-state index contributed by atoms with van der Waals surface area (Å²) in [4.78, 5) is 17.2. The molecule has 0 aliphatic carbocycles. The Kier molecular flexibility index (Phi) is 5.16. The van der Waals surface area contributed by atoms with Gasteiger partial charge in [0, 0.05) is 11.4 Å². The van der Waals surface area contributed by atoms with Crippen LogP contribution < -0.4 is 19.5 Å². The fourth-order valence-electron chi connectivity index (χ4n) is 2.86. The summed E-state index contributed by atoms with van der Waals surface area (Å²) in [6, 6.07) is 5.31. The van der Waals surface area contributed by atoms with Gasteiger partial charge in [-0.1, -0.05) is 0 Å². The first kappa shape index (κ1) is 18.5. The zero-order chi connectivity index (χ0) is 19.6. The van der Waals surface area contributed by atoms with Crippen molar-refractivity contribution >= 4 is 22.6 Å². The lowest BCUT2D eigenvalue weighted by molar-refractivity contribution is 0.102. The molecule has 3 rings (SSSR count). The topological polar surface area (TPSA) is 87.5 Å². The molecule has 2 aromatic heterocycles. The maximum Gasteiger partial charge on any atom is 0.259 e. The van der Waals surface area contributed by atoms with E-state index in [1.54, 1.807) is 24.5 Å². The van der Waals surface area contributed by atoms with Crippen molar-refractivity contribution in [3.8, 4) is 17.2 Å². The predicted octanol–water partition coefficient (Wildman–Crippen LogP) is 3.29. The third-order valence-corrected chi connectivity index (χ3v) is 4.13. The number of methoxy groups -OCH3 is 3. The van der Waals surface area contributed by atoms with Crippen molar-refractivity contribution in [2.75, 3.05) is 26.6 Å². The molecule has 142 valence electrons. The molecule has 0 bridgehead atoms. The largest absolute Gasteiger partial charge is 0.493 e. The van der Waals surface area contributed by atoms with Gasteiger partial charge in [-0.15, -0.1) is 0 Å². The second kappa shape index (κ2) is 7.53. The first-order valence-electron chi connectivity index (χ1n) is 8.43. The maximum absolute atomic E-state index is 12.8. The molecular formula is C19H22N4O4. The number of nitrogens with zero attached hydrogens (tertiary/aromatic N) is 3. The smallest absolute Gasteiger partial charge is 0.259 e. The number of ether oxygens (including phenoxy) is 3. The highest BCUT2D eigenvalue weighted by Crippen LogP contribution is 2.40. The second-order valence-electron chi connectivity index (χ2n) is 6.16. The number of aromatic nitrogens is 3. The minimum Gasteiger partial charge on any atom is -0.493 e. The fourth-order valence-corrected chi connectivity index (χ4v) is 2.86. The van der Waals surface area contributed by atoms with E-state index in [0.29, 0.717) is 28.5 Å². The number of rotatable bonds is 6. The molecule has 0 atom stereocenters. The van der Waals surface area contributed by atoms with E-state index in [9.17, 15) is 4.79 Å². The quantitative estimate of drug-likeness (QED) is 0.716. The third-order valence-electron chi connectivity index (χ3n) is 4.13. The van der Waals surface area contributed by atoms with Gasteiger partial charge in [0.15, 0.2) is 17.1 Å². The number of carbonyl (C=O) groups excluding carboxylic acids is 1. The minimum absolute atomic E-state index is 0.200. The van der Waals surface area contributed by atoms with Crippen LogP contribution >= 0.6 is 0 Å². The van der Waals surface area contributed by atoms with Crippen molar-refractivity contribution in [2.24, 2.45) is 0 Å². The van der Waals surface area contributed by atoms with Gasteiger partial charge in [-0.25, -0.2) is 9.67 Å². The minimum atomic E-state index is -0.342. The molecule has 0 fully saturated rings. The van der Waals surface area contributed by atoms with Gasteiger partial charge in [-0.2, -0.15) is 5.10 Å². The van der Waals surface area contributed by atoms with Crippen molar-refractivity contribution < 1.29 is 19.0 Å². The van der Waals surface area contributed by atoms with Crippen LogP contribution in [0.1, 0.15) is 30.2 Å². The Hall–Kier alpha value is -3.29. The van der Waals surface area contributed by atoms with E-state index in [-0.39, 0.29) is 11.9 Å². The lowest BCUT2D eigenvalue weighted by Gasteiger charge is -2.15. The first-order valence-corrected chi connectivity index (χ1v) is 8.43. The molecule has 8 heteroatoms. The summed E-state index contributed by atoms with van der Waals surface area (Å²) in [5, 5.41) is 8.02. The molecule has 0 saturated heterocycles. The monoisotopic (exact) mass is 370 g/mol. The van der Waals surface area contributed by atoms with Crippen LogP contribution in [0.4, 0.5) is 5.69 Å². The molecule has 0 spiro atoms. The summed E-state index contributed by atoms with van der Waals surface area (Å²) in [7, 11) is 4.49. The Bertz CT molecular complexity index is 981. The van der Waals surface area contributed by atoms with Gasteiger partial charge in [-0.05, 0) is 32.0 Å². The van der Waals surface area contributed by atoms with E-state index >= 15 is 0 Å². The van der Waals surface area contributed by atoms with Crippen molar-refractivity contribution in [1.29, 1.82) is 0 Å². The van der Waals surface area contributed by atoms with Gasteiger partial charge in [0.05, 0.1) is 45.0 Å². The van der Waals surface area contributed by atoms with Gasteiger partial charge in [0.25, 0.3) is 5.91 Å². The summed E-state index contributed by atoms with van der Waals surface area (Å²) >= 11 is 0. The number of benzene rings is 1. The molecule has 0 aliphatic rings. The molecule has 1 aromatic carbocycles. The Labute approximate surface area is 157 Å². The number of anilines is 1. The summed E-state index contributed by atoms with van der Waals surface area (Å²) in [6.07, 6.45) is 3.34. The average molecular weight is 370 g/mol. The summed E-state index contributed by atoms with van der Waals surface area (Å²) in [5.74, 6) is 0.802. The van der Waals surface area contributed by atoms with Gasteiger partial charge >= 0.3 is 0 Å². The molecule has 1 N–H and O–H groups in total. The Balaban J connectivity index is 1.92. The highest BCUT2D eigenvalue weighted by atomic mass is 16.5. The van der Waals surface area contributed by atoms with Crippen LogP contribution in [0.5, 0.6) is 17.2 Å². The molecule has 0 saturated carbocycles. The number of pyridine rings is 1. The number of amides is 1. The molecule has 2 heterocycles. The third kappa shape index (κ3) is 3.38. The van der Waals surface area contributed by atoms with E-state index in [0.717, 1.165) is 11.0 Å². The van der Waals surface area contributed by atoms with Crippen LogP contribution in [0.3, 0.4) is 0 Å². The Morgan fingerprint density at radius 1 is 1.07 bits per heavy atom. The van der Waals surface area contributed by atoms with Crippen LogP contribution in [0.25, 0.3) is 11.0 Å². The number of nitrogens with one attached hydrogen (secondary N) is 1. The molecule has 1 amide bonds. The fraction of sp³-hybridized carbons (Fsp3) is 0.316. The Morgan fingerprint density at radius 2 is 1.81 bits per heavy atom. The zero-order valence-corrected chi connectivity index (χ0v) is 15.9. The molecule has 8 nitrogen and oxygen atoms in total. The molecule has 0 aliphatic heterocycles. The molecule has 3 aromatic rings. The molecule has 0 radical (unpaired) electrons. The van der Waals surface area contributed by atoms with E-state index in [1.165, 1.54) is 21.3 Å². The van der Waals surface area contributed by atoms with Crippen LogP contribution in [-0.4, -0.2) is 42.0 Å². The van der Waals surface area contributed by atoms with Crippen molar-refractivity contribution in [1.82, 2.24) is 14.8 Å². The van der Waals surface area contributed by atoms with Crippen molar-refractivity contribution in [3.63, 3.8) is 0 Å². The first-order chi connectivity index (χ1) is 13.0. The standard InChI is InChI=1S/C19H22N4O4/c1-11(2)23-18-12(9-21-23)8-13(10-20-18)22-19(24)14-6-7-15(25-3)17(27-5)16(14)26-4/h6-11H,1-5H3,(H,22,24).